The van der Waals surface area contributed by atoms with Crippen molar-refractivity contribution in [2.24, 2.45) is 11.8 Å². The number of esters is 1. The first kappa shape index (κ1) is 24.4. The summed E-state index contributed by atoms with van der Waals surface area (Å²) in [4.78, 5) is 41.7. The number of hydrogen-bond donors (Lipinski definition) is 1. The van der Waals surface area contributed by atoms with Gasteiger partial charge in [0.25, 0.3) is 0 Å². The van der Waals surface area contributed by atoms with Gasteiger partial charge in [-0.3, -0.25) is 19.7 Å². The molecular weight excluding hydrogens is 513 g/mol. The lowest BCUT2D eigenvalue weighted by Gasteiger charge is -2.36. The molecular formula is C26H18Cl2F2N2O4. The van der Waals surface area contributed by atoms with Gasteiger partial charge in [-0.2, -0.15) is 0 Å². The Hall–Kier alpha value is -3.33. The average molecular weight is 531 g/mol. The zero-order chi connectivity index (χ0) is 25.8. The maximum Gasteiger partial charge on any atom is 0.323 e. The van der Waals surface area contributed by atoms with Crippen molar-refractivity contribution in [1.82, 2.24) is 5.32 Å². The Morgan fingerprint density at radius 2 is 1.39 bits per heavy atom. The average Bonchev–Trinajstić information content (AvgIpc) is 3.35. The van der Waals surface area contributed by atoms with Gasteiger partial charge in [0.1, 0.15) is 17.7 Å². The molecule has 3 atom stereocenters. The van der Waals surface area contributed by atoms with Crippen molar-refractivity contribution in [2.45, 2.75) is 11.6 Å². The van der Waals surface area contributed by atoms with E-state index in [2.05, 4.69) is 5.32 Å². The third kappa shape index (κ3) is 3.51. The molecule has 184 valence electrons. The van der Waals surface area contributed by atoms with Gasteiger partial charge in [-0.1, -0.05) is 53.5 Å². The van der Waals surface area contributed by atoms with Gasteiger partial charge in [0, 0.05) is 0 Å². The molecule has 2 saturated heterocycles. The number of hydrogen-bond acceptors (Lipinski definition) is 5. The number of methoxy groups -OCH3 is 1. The summed E-state index contributed by atoms with van der Waals surface area (Å²) in [5.41, 5.74) is -0.726. The zero-order valence-electron chi connectivity index (χ0n) is 18.7. The van der Waals surface area contributed by atoms with Crippen molar-refractivity contribution in [2.75, 3.05) is 12.0 Å². The second-order valence-corrected chi connectivity index (χ2v) is 9.37. The van der Waals surface area contributed by atoms with Crippen LogP contribution in [0.3, 0.4) is 0 Å². The molecule has 2 heterocycles. The molecule has 3 aromatic rings. The fourth-order valence-electron chi connectivity index (χ4n) is 5.28. The first-order chi connectivity index (χ1) is 17.2. The van der Waals surface area contributed by atoms with Gasteiger partial charge in [-0.15, -0.1) is 0 Å². The van der Waals surface area contributed by atoms with Crippen LogP contribution in [0.5, 0.6) is 0 Å². The van der Waals surface area contributed by atoms with E-state index in [0.29, 0.717) is 11.1 Å². The molecule has 5 rings (SSSR count). The molecule has 0 bridgehead atoms. The number of halogens is 4. The molecule has 6 nitrogen and oxygen atoms in total. The molecule has 0 spiro atoms. The number of para-hydroxylation sites is 1. The topological polar surface area (TPSA) is 75.7 Å². The van der Waals surface area contributed by atoms with E-state index in [0.717, 1.165) is 4.90 Å². The minimum Gasteiger partial charge on any atom is -0.468 e. The lowest BCUT2D eigenvalue weighted by atomic mass is 9.71. The number of anilines is 1. The van der Waals surface area contributed by atoms with Crippen molar-refractivity contribution in [1.29, 1.82) is 0 Å². The molecule has 1 N–H and O–H groups in total. The fourth-order valence-corrected chi connectivity index (χ4v) is 5.85. The van der Waals surface area contributed by atoms with E-state index in [9.17, 15) is 23.2 Å². The van der Waals surface area contributed by atoms with Crippen molar-refractivity contribution in [3.05, 3.63) is 99.5 Å². The highest BCUT2D eigenvalue weighted by molar-refractivity contribution is 6.42. The van der Waals surface area contributed by atoms with Crippen LogP contribution in [0.25, 0.3) is 0 Å². The molecule has 3 aromatic carbocycles. The lowest BCUT2D eigenvalue weighted by Crippen LogP contribution is -2.52. The fraction of sp³-hybridized carbons (Fsp3) is 0.192. The summed E-state index contributed by atoms with van der Waals surface area (Å²) in [6.07, 6.45) is 0. The second-order valence-electron chi connectivity index (χ2n) is 8.55. The van der Waals surface area contributed by atoms with Crippen molar-refractivity contribution >= 4 is 46.7 Å². The van der Waals surface area contributed by atoms with Crippen molar-refractivity contribution < 1.29 is 27.9 Å². The Balaban J connectivity index is 1.79. The van der Waals surface area contributed by atoms with Crippen LogP contribution in [0.15, 0.2) is 66.7 Å². The van der Waals surface area contributed by atoms with Crippen molar-refractivity contribution in [3.63, 3.8) is 0 Å². The molecule has 0 radical (unpaired) electrons. The monoisotopic (exact) mass is 530 g/mol. The van der Waals surface area contributed by atoms with Gasteiger partial charge in [-0.25, -0.2) is 13.7 Å². The van der Waals surface area contributed by atoms with Gasteiger partial charge in [-0.05, 0) is 47.5 Å². The zero-order valence-corrected chi connectivity index (χ0v) is 20.2. The summed E-state index contributed by atoms with van der Waals surface area (Å²) in [5, 5.41) is 3.28. The number of carbonyl (C=O) groups is 3. The number of amides is 2. The van der Waals surface area contributed by atoms with Crippen LogP contribution >= 0.6 is 23.2 Å². The Morgan fingerprint density at radius 1 is 0.889 bits per heavy atom. The van der Waals surface area contributed by atoms with Gasteiger partial charge in [0.15, 0.2) is 0 Å². The van der Waals surface area contributed by atoms with Crippen LogP contribution in [0.2, 0.25) is 10.0 Å². The highest BCUT2D eigenvalue weighted by atomic mass is 35.5. The molecule has 2 fully saturated rings. The van der Waals surface area contributed by atoms with Gasteiger partial charge < -0.3 is 4.74 Å². The van der Waals surface area contributed by atoms with Gasteiger partial charge in [0.05, 0.1) is 40.2 Å². The van der Waals surface area contributed by atoms with E-state index in [-0.39, 0.29) is 15.7 Å². The van der Waals surface area contributed by atoms with Gasteiger partial charge in [0.2, 0.25) is 11.8 Å². The molecule has 2 aliphatic heterocycles. The lowest BCUT2D eigenvalue weighted by molar-refractivity contribution is -0.145. The van der Waals surface area contributed by atoms with Crippen LogP contribution in [0.4, 0.5) is 14.5 Å². The molecule has 0 aliphatic carbocycles. The van der Waals surface area contributed by atoms with E-state index in [1.807, 2.05) is 0 Å². The summed E-state index contributed by atoms with van der Waals surface area (Å²) in [7, 11) is 1.17. The quantitative estimate of drug-likeness (QED) is 0.398. The molecule has 2 aliphatic rings. The molecule has 0 aromatic heterocycles. The Bertz CT molecular complexity index is 1320. The highest BCUT2D eigenvalue weighted by Gasteiger charge is 2.68. The second kappa shape index (κ2) is 8.96. The normalized spacial score (nSPS) is 22.6. The minimum absolute atomic E-state index is 0.000890. The van der Waals surface area contributed by atoms with Gasteiger partial charge >= 0.3 is 5.97 Å². The third-order valence-electron chi connectivity index (χ3n) is 6.78. The van der Waals surface area contributed by atoms with E-state index in [1.165, 1.54) is 67.8 Å². The minimum atomic E-state index is -1.51. The molecule has 36 heavy (non-hydrogen) atoms. The number of nitrogens with zero attached hydrogens (tertiary/aromatic N) is 1. The smallest absolute Gasteiger partial charge is 0.323 e. The van der Waals surface area contributed by atoms with E-state index < -0.39 is 52.8 Å². The molecule has 0 saturated carbocycles. The summed E-state index contributed by atoms with van der Waals surface area (Å²) in [6, 6.07) is 13.9. The number of benzene rings is 3. The highest BCUT2D eigenvalue weighted by Crippen LogP contribution is 2.53. The number of rotatable bonds is 4. The summed E-state index contributed by atoms with van der Waals surface area (Å²) >= 11 is 12.7. The first-order valence-electron chi connectivity index (χ1n) is 10.9. The number of fused-ring (bicyclic) bond motifs is 1. The number of carbonyl (C=O) groups excluding carboxylic acids is 3. The van der Waals surface area contributed by atoms with Crippen LogP contribution < -0.4 is 10.2 Å². The maximum atomic E-state index is 14.1. The Kier molecular flexibility index (Phi) is 6.06. The van der Waals surface area contributed by atoms with E-state index in [4.69, 9.17) is 27.9 Å². The van der Waals surface area contributed by atoms with Crippen LogP contribution in [-0.4, -0.2) is 30.9 Å². The Morgan fingerprint density at radius 3 is 1.86 bits per heavy atom. The van der Waals surface area contributed by atoms with Crippen LogP contribution in [0, 0.1) is 23.5 Å². The predicted octanol–water partition coefficient (Wildman–Crippen LogP) is 4.47. The largest absolute Gasteiger partial charge is 0.468 e. The summed E-state index contributed by atoms with van der Waals surface area (Å²) in [6.45, 7) is 0. The SMILES string of the molecule is COC(=O)[C@@H]1NC(c2ccc(F)cc2)(c2ccc(F)cc2)[C@@H]2C(=O)N(c3c(Cl)cccc3Cl)C(=O)[C@@H]21. The third-order valence-corrected chi connectivity index (χ3v) is 7.39. The first-order valence-corrected chi connectivity index (χ1v) is 11.7. The number of ether oxygens (including phenoxy) is 1. The summed E-state index contributed by atoms with van der Waals surface area (Å²) < 4.78 is 32.7. The standard InChI is InChI=1S/C26H18Cl2F2N2O4/c1-36-25(35)21-19-20(24(34)32(23(19)33)22-17(27)3-2-4-18(22)28)26(31-21,13-5-9-15(29)10-6-13)14-7-11-16(30)12-8-14/h2-12,19-21,31H,1H3/t19-,20-,21+/m0/s1. The number of imide groups is 1. The van der Waals surface area contributed by atoms with E-state index in [1.54, 1.807) is 6.07 Å². The number of nitrogens with one attached hydrogen (secondary N) is 1. The van der Waals surface area contributed by atoms with Crippen LogP contribution in [0.1, 0.15) is 11.1 Å². The molecule has 10 heteroatoms. The van der Waals surface area contributed by atoms with Crippen LogP contribution in [-0.2, 0) is 24.7 Å². The van der Waals surface area contributed by atoms with Crippen molar-refractivity contribution in [3.8, 4) is 0 Å². The summed E-state index contributed by atoms with van der Waals surface area (Å²) in [5.74, 6) is -5.61. The maximum absolute atomic E-state index is 14.1. The molecule has 0 unspecified atom stereocenters. The molecule has 2 amide bonds. The van der Waals surface area contributed by atoms with E-state index >= 15 is 0 Å². The predicted molar refractivity (Wildman–Crippen MR) is 128 cm³/mol. The Labute approximate surface area is 214 Å².